The third-order valence-electron chi connectivity index (χ3n) is 0.790. The van der Waals surface area contributed by atoms with Crippen LogP contribution in [0.2, 0.25) is 0 Å². The SMILES string of the molecule is CC(=O)[O][Cu][O]C(C)=O.c1ccncc1. The molecule has 0 N–H and O–H groups in total. The smallest absolute Gasteiger partial charge is 0.0267 e. The molecule has 1 aromatic rings. The van der Waals surface area contributed by atoms with E-state index in [0.29, 0.717) is 15.6 Å². The number of hydrogen-bond acceptors (Lipinski definition) is 5. The van der Waals surface area contributed by atoms with E-state index in [1.54, 1.807) is 12.4 Å². The fourth-order valence-electron chi connectivity index (χ4n) is 0.396. The molecule has 15 heavy (non-hydrogen) atoms. The monoisotopic (exact) mass is 260 g/mol. The molecular formula is C9H11CuNO4. The second kappa shape index (κ2) is 9.18. The number of pyridine rings is 1. The minimum Gasteiger partial charge on any atom is -0.265 e. The quantitative estimate of drug-likeness (QED) is 0.745. The first-order valence-corrected chi connectivity index (χ1v) is 4.68. The Kier molecular flexibility index (Phi) is 8.33. The summed E-state index contributed by atoms with van der Waals surface area (Å²) in [5.41, 5.74) is 0. The Morgan fingerprint density at radius 2 is 1.47 bits per heavy atom. The van der Waals surface area contributed by atoms with Crippen molar-refractivity contribution in [2.24, 2.45) is 0 Å². The first-order chi connectivity index (χ1) is 7.13. The summed E-state index contributed by atoms with van der Waals surface area (Å²) in [5, 5.41) is 0. The Morgan fingerprint density at radius 3 is 1.67 bits per heavy atom. The average Bonchev–Trinajstić information content (AvgIpc) is 2.20. The molecule has 0 saturated carbocycles. The minimum absolute atomic E-state index is 0.453. The Morgan fingerprint density at radius 1 is 1.00 bits per heavy atom. The van der Waals surface area contributed by atoms with Crippen LogP contribution in [0.1, 0.15) is 13.8 Å². The molecule has 5 nitrogen and oxygen atoms in total. The van der Waals surface area contributed by atoms with E-state index < -0.39 is 11.9 Å². The summed E-state index contributed by atoms with van der Waals surface area (Å²) in [6.07, 6.45) is 3.50. The predicted octanol–water partition coefficient (Wildman–Crippen LogP) is 1.11. The summed E-state index contributed by atoms with van der Waals surface area (Å²) in [6, 6.07) is 5.72. The topological polar surface area (TPSA) is 65.5 Å². The van der Waals surface area contributed by atoms with E-state index in [9.17, 15) is 9.59 Å². The van der Waals surface area contributed by atoms with Crippen LogP contribution in [-0.4, -0.2) is 16.9 Å². The second-order valence-electron chi connectivity index (χ2n) is 2.18. The van der Waals surface area contributed by atoms with E-state index in [0.717, 1.165) is 0 Å². The third-order valence-corrected chi connectivity index (χ3v) is 1.49. The van der Waals surface area contributed by atoms with Crippen molar-refractivity contribution in [3.05, 3.63) is 30.6 Å². The van der Waals surface area contributed by atoms with Crippen LogP contribution >= 0.6 is 0 Å². The van der Waals surface area contributed by atoms with Gasteiger partial charge in [-0.3, -0.25) is 4.98 Å². The van der Waals surface area contributed by atoms with Gasteiger partial charge in [-0.25, -0.2) is 0 Å². The molecule has 0 fully saturated rings. The van der Waals surface area contributed by atoms with Crippen LogP contribution in [0.25, 0.3) is 0 Å². The van der Waals surface area contributed by atoms with Crippen molar-refractivity contribution in [2.75, 3.05) is 0 Å². The Hall–Kier alpha value is -1.39. The van der Waals surface area contributed by atoms with Gasteiger partial charge in [0.2, 0.25) is 0 Å². The van der Waals surface area contributed by atoms with Gasteiger partial charge in [0.1, 0.15) is 0 Å². The fourth-order valence-corrected chi connectivity index (χ4v) is 0.656. The molecule has 0 unspecified atom stereocenters. The summed E-state index contributed by atoms with van der Waals surface area (Å²) >= 11 is 0.453. The Labute approximate surface area is 94.6 Å². The first kappa shape index (κ1) is 13.6. The van der Waals surface area contributed by atoms with Crippen molar-refractivity contribution < 1.29 is 32.8 Å². The summed E-state index contributed by atoms with van der Waals surface area (Å²) in [6.45, 7) is 2.43. The van der Waals surface area contributed by atoms with Crippen molar-refractivity contribution in [3.63, 3.8) is 0 Å². The maximum Gasteiger partial charge on any atom is 0.0267 e. The zero-order valence-electron chi connectivity index (χ0n) is 8.27. The number of rotatable bonds is 2. The van der Waals surface area contributed by atoms with Gasteiger partial charge in [0.25, 0.3) is 0 Å². The maximum absolute atomic E-state index is 9.99. The number of carbonyl (C=O) groups is 2. The Balaban J connectivity index is 0.000000280. The fraction of sp³-hybridized carbons (Fsp3) is 0.222. The van der Waals surface area contributed by atoms with Crippen LogP contribution < -0.4 is 0 Å². The van der Waals surface area contributed by atoms with Gasteiger partial charge < -0.3 is 0 Å². The molecule has 0 amide bonds. The third kappa shape index (κ3) is 12.6. The van der Waals surface area contributed by atoms with Crippen LogP contribution in [0.4, 0.5) is 0 Å². The summed E-state index contributed by atoms with van der Waals surface area (Å²) in [4.78, 5) is 23.8. The second-order valence-corrected chi connectivity index (χ2v) is 2.72. The van der Waals surface area contributed by atoms with E-state index in [1.807, 2.05) is 18.2 Å². The largest absolute Gasteiger partial charge is 0.265 e. The van der Waals surface area contributed by atoms with Gasteiger partial charge in [0.05, 0.1) is 0 Å². The molecule has 0 radical (unpaired) electrons. The molecule has 0 aliphatic heterocycles. The summed E-state index contributed by atoms with van der Waals surface area (Å²) in [5.74, 6) is -1.01. The van der Waals surface area contributed by atoms with Crippen LogP contribution in [0.3, 0.4) is 0 Å². The number of nitrogens with zero attached hydrogens (tertiary/aromatic N) is 1. The van der Waals surface area contributed by atoms with Crippen LogP contribution in [0.15, 0.2) is 30.6 Å². The van der Waals surface area contributed by atoms with E-state index in [1.165, 1.54) is 13.8 Å². The number of carbonyl (C=O) groups excluding carboxylic acids is 2. The molecule has 0 bridgehead atoms. The van der Waals surface area contributed by atoms with Gasteiger partial charge in [0, 0.05) is 12.4 Å². The van der Waals surface area contributed by atoms with Crippen LogP contribution in [0, 0.1) is 0 Å². The molecule has 0 aromatic carbocycles. The molecule has 0 saturated heterocycles. The normalized spacial score (nSPS) is 8.40. The van der Waals surface area contributed by atoms with Gasteiger partial charge in [-0.15, -0.1) is 0 Å². The first-order valence-electron chi connectivity index (χ1n) is 3.91. The van der Waals surface area contributed by atoms with E-state index >= 15 is 0 Å². The molecule has 6 heteroatoms. The summed E-state index contributed by atoms with van der Waals surface area (Å²) < 4.78 is 8.35. The molecule has 87 valence electrons. The average molecular weight is 261 g/mol. The predicted molar refractivity (Wildman–Crippen MR) is 47.8 cm³/mol. The van der Waals surface area contributed by atoms with Crippen molar-refractivity contribution in [1.29, 1.82) is 0 Å². The number of aromatic nitrogens is 1. The van der Waals surface area contributed by atoms with Crippen molar-refractivity contribution in [3.8, 4) is 0 Å². The van der Waals surface area contributed by atoms with Crippen molar-refractivity contribution in [2.45, 2.75) is 13.8 Å². The van der Waals surface area contributed by atoms with Gasteiger partial charge >= 0.3 is 58.6 Å². The van der Waals surface area contributed by atoms with Gasteiger partial charge in [0.15, 0.2) is 0 Å². The van der Waals surface area contributed by atoms with Crippen LogP contribution in [0.5, 0.6) is 0 Å². The Bertz CT molecular complexity index is 251. The minimum atomic E-state index is -0.503. The van der Waals surface area contributed by atoms with Gasteiger partial charge in [-0.05, 0) is 12.1 Å². The van der Waals surface area contributed by atoms with Crippen molar-refractivity contribution in [1.82, 2.24) is 4.98 Å². The van der Waals surface area contributed by atoms with E-state index in [2.05, 4.69) is 12.6 Å². The molecule has 0 aliphatic rings. The van der Waals surface area contributed by atoms with Crippen molar-refractivity contribution >= 4 is 11.9 Å². The zero-order valence-corrected chi connectivity index (χ0v) is 9.21. The van der Waals surface area contributed by atoms with Crippen LogP contribution in [-0.2, 0) is 32.8 Å². The summed E-state index contributed by atoms with van der Waals surface area (Å²) in [7, 11) is 0. The molecular weight excluding hydrogens is 250 g/mol. The molecule has 1 rings (SSSR count). The molecule has 0 spiro atoms. The molecule has 0 aliphatic carbocycles. The molecule has 1 heterocycles. The van der Waals surface area contributed by atoms with E-state index in [-0.39, 0.29) is 0 Å². The number of hydrogen-bond donors (Lipinski definition) is 0. The maximum atomic E-state index is 9.99. The van der Waals surface area contributed by atoms with Gasteiger partial charge in [-0.2, -0.15) is 0 Å². The molecule has 0 atom stereocenters. The van der Waals surface area contributed by atoms with Gasteiger partial charge in [-0.1, -0.05) is 6.07 Å². The zero-order chi connectivity index (χ0) is 11.5. The standard InChI is InChI=1S/C5H5N.2C2H4O2.Cu/c1-2-4-6-5-3-1;2*1-2(3)4;/h1-5H;2*1H3,(H,3,4);/q;;;+2/p-2. The molecule has 1 aromatic heterocycles. The van der Waals surface area contributed by atoms with E-state index in [4.69, 9.17) is 0 Å².